The van der Waals surface area contributed by atoms with Gasteiger partial charge in [-0.25, -0.2) is 4.79 Å². The van der Waals surface area contributed by atoms with E-state index in [0.717, 1.165) is 6.42 Å². The quantitative estimate of drug-likeness (QED) is 0.745. The van der Waals surface area contributed by atoms with Crippen molar-refractivity contribution in [3.63, 3.8) is 0 Å². The Morgan fingerprint density at radius 2 is 2.19 bits per heavy atom. The van der Waals surface area contributed by atoms with Crippen molar-refractivity contribution in [2.24, 2.45) is 0 Å². The highest BCUT2D eigenvalue weighted by molar-refractivity contribution is 7.09. The topological polar surface area (TPSA) is 88.9 Å². The van der Waals surface area contributed by atoms with Crippen molar-refractivity contribution >= 4 is 29.1 Å². The molecule has 2 amide bonds. The molecule has 1 N–H and O–H groups in total. The molecule has 0 bridgehead atoms. The third kappa shape index (κ3) is 4.51. The van der Waals surface area contributed by atoms with Crippen LogP contribution in [0.1, 0.15) is 28.3 Å². The minimum Gasteiger partial charge on any atom is -0.459 e. The highest BCUT2D eigenvalue weighted by Gasteiger charge is 2.36. The molecule has 0 aliphatic carbocycles. The predicted octanol–water partition coefficient (Wildman–Crippen LogP) is 1.85. The molecule has 8 heteroatoms. The maximum Gasteiger partial charge on any atom is 0.329 e. The molecule has 3 rings (SSSR count). The zero-order valence-corrected chi connectivity index (χ0v) is 15.0. The Morgan fingerprint density at radius 3 is 2.92 bits per heavy atom. The number of thiophene rings is 1. The van der Waals surface area contributed by atoms with E-state index in [2.05, 4.69) is 5.32 Å². The molecule has 3 heterocycles. The summed E-state index contributed by atoms with van der Waals surface area (Å²) >= 11 is 1.63. The van der Waals surface area contributed by atoms with Gasteiger partial charge < -0.3 is 19.4 Å². The third-order valence-electron chi connectivity index (χ3n) is 4.14. The molecule has 138 valence electrons. The zero-order chi connectivity index (χ0) is 18.4. The lowest BCUT2D eigenvalue weighted by Gasteiger charge is -2.22. The standard InChI is InChI=1S/C18H20N2O5S/c21-16(19-8-7-13-4-3-11-26-13)12-25-18(23)14-5-1-9-20(14)17(22)15-6-2-10-24-15/h2-4,6,10-11,14H,1,5,7-9,12H2,(H,19,21)/t14-/m0/s1. The zero-order valence-electron chi connectivity index (χ0n) is 14.2. The van der Waals surface area contributed by atoms with Gasteiger partial charge >= 0.3 is 5.97 Å². The third-order valence-corrected chi connectivity index (χ3v) is 5.07. The molecule has 2 aromatic rings. The second-order valence-corrected chi connectivity index (χ2v) is 6.95. The van der Waals surface area contributed by atoms with Gasteiger partial charge in [-0.3, -0.25) is 9.59 Å². The van der Waals surface area contributed by atoms with Crippen LogP contribution >= 0.6 is 11.3 Å². The molecule has 1 saturated heterocycles. The van der Waals surface area contributed by atoms with E-state index in [1.54, 1.807) is 23.5 Å². The van der Waals surface area contributed by atoms with Gasteiger partial charge in [-0.1, -0.05) is 6.07 Å². The lowest BCUT2D eigenvalue weighted by molar-refractivity contribution is -0.152. The van der Waals surface area contributed by atoms with Crippen LogP contribution in [0.3, 0.4) is 0 Å². The van der Waals surface area contributed by atoms with Crippen LogP contribution in [0.5, 0.6) is 0 Å². The largest absolute Gasteiger partial charge is 0.459 e. The number of rotatable bonds is 7. The predicted molar refractivity (Wildman–Crippen MR) is 94.8 cm³/mol. The van der Waals surface area contributed by atoms with E-state index >= 15 is 0 Å². The average Bonchev–Trinajstić information content (AvgIpc) is 3.41. The van der Waals surface area contributed by atoms with E-state index in [1.807, 2.05) is 17.5 Å². The average molecular weight is 376 g/mol. The second-order valence-electron chi connectivity index (χ2n) is 5.92. The molecular formula is C18H20N2O5S. The summed E-state index contributed by atoms with van der Waals surface area (Å²) < 4.78 is 10.2. The Balaban J connectivity index is 1.43. The van der Waals surface area contributed by atoms with E-state index in [0.29, 0.717) is 25.9 Å². The molecule has 0 saturated carbocycles. The number of likely N-dealkylation sites (tertiary alicyclic amines) is 1. The normalized spacial score (nSPS) is 16.5. The number of carbonyl (C=O) groups is 3. The SMILES string of the molecule is O=C(COC(=O)[C@@H]1CCCN1C(=O)c1ccco1)NCCc1cccs1. The van der Waals surface area contributed by atoms with Gasteiger partial charge in [0.05, 0.1) is 6.26 Å². The van der Waals surface area contributed by atoms with Crippen LogP contribution in [0.4, 0.5) is 0 Å². The molecule has 1 fully saturated rings. The van der Waals surface area contributed by atoms with Gasteiger partial charge in [0.1, 0.15) is 6.04 Å². The molecular weight excluding hydrogens is 356 g/mol. The number of carbonyl (C=O) groups excluding carboxylic acids is 3. The van der Waals surface area contributed by atoms with Crippen LogP contribution in [0.25, 0.3) is 0 Å². The maximum atomic E-state index is 12.4. The number of esters is 1. The lowest BCUT2D eigenvalue weighted by Crippen LogP contribution is -2.42. The van der Waals surface area contributed by atoms with Crippen LogP contribution in [0, 0.1) is 0 Å². The molecule has 7 nitrogen and oxygen atoms in total. The van der Waals surface area contributed by atoms with Crippen molar-refractivity contribution in [1.29, 1.82) is 0 Å². The molecule has 0 unspecified atom stereocenters. The fraction of sp³-hybridized carbons (Fsp3) is 0.389. The van der Waals surface area contributed by atoms with E-state index in [-0.39, 0.29) is 24.2 Å². The van der Waals surface area contributed by atoms with Crippen molar-refractivity contribution in [3.8, 4) is 0 Å². The Hall–Kier alpha value is -2.61. The number of nitrogens with one attached hydrogen (secondary N) is 1. The summed E-state index contributed by atoms with van der Waals surface area (Å²) in [5, 5.41) is 4.70. The highest BCUT2D eigenvalue weighted by Crippen LogP contribution is 2.21. The van der Waals surface area contributed by atoms with E-state index in [4.69, 9.17) is 9.15 Å². The number of amides is 2. The first kappa shape index (κ1) is 18.2. The Morgan fingerprint density at radius 1 is 1.31 bits per heavy atom. The van der Waals surface area contributed by atoms with Crippen molar-refractivity contribution in [2.45, 2.75) is 25.3 Å². The van der Waals surface area contributed by atoms with E-state index in [1.165, 1.54) is 16.0 Å². The minimum atomic E-state index is -0.675. The summed E-state index contributed by atoms with van der Waals surface area (Å²) in [6, 6.07) is 6.47. The van der Waals surface area contributed by atoms with Crippen LogP contribution < -0.4 is 5.32 Å². The molecule has 0 aromatic carbocycles. The smallest absolute Gasteiger partial charge is 0.329 e. The number of hydrogen-bond acceptors (Lipinski definition) is 6. The van der Waals surface area contributed by atoms with Crippen LogP contribution in [-0.4, -0.2) is 48.4 Å². The first-order chi connectivity index (χ1) is 12.6. The minimum absolute atomic E-state index is 0.191. The molecule has 0 spiro atoms. The molecule has 26 heavy (non-hydrogen) atoms. The summed E-state index contributed by atoms with van der Waals surface area (Å²) in [4.78, 5) is 39.1. The highest BCUT2D eigenvalue weighted by atomic mass is 32.1. The number of ether oxygens (including phenoxy) is 1. The van der Waals surface area contributed by atoms with Gasteiger partial charge in [-0.2, -0.15) is 0 Å². The first-order valence-electron chi connectivity index (χ1n) is 8.45. The van der Waals surface area contributed by atoms with Gasteiger partial charge in [0.25, 0.3) is 11.8 Å². The summed E-state index contributed by atoms with van der Waals surface area (Å²) in [5.41, 5.74) is 0. The summed E-state index contributed by atoms with van der Waals surface area (Å²) in [7, 11) is 0. The Bertz CT molecular complexity index is 742. The van der Waals surface area contributed by atoms with Crippen molar-refractivity contribution in [1.82, 2.24) is 10.2 Å². The van der Waals surface area contributed by atoms with Gasteiger partial charge in [0, 0.05) is 18.0 Å². The first-order valence-corrected chi connectivity index (χ1v) is 9.33. The molecule has 1 atom stereocenters. The monoisotopic (exact) mass is 376 g/mol. The van der Waals surface area contributed by atoms with Crippen LogP contribution in [0.2, 0.25) is 0 Å². The fourth-order valence-corrected chi connectivity index (χ4v) is 3.57. The molecule has 0 radical (unpaired) electrons. The molecule has 2 aromatic heterocycles. The van der Waals surface area contributed by atoms with Gasteiger partial charge in [0.15, 0.2) is 12.4 Å². The number of nitrogens with zero attached hydrogens (tertiary/aromatic N) is 1. The van der Waals surface area contributed by atoms with E-state index in [9.17, 15) is 14.4 Å². The summed E-state index contributed by atoms with van der Waals surface area (Å²) in [6.07, 6.45) is 3.38. The van der Waals surface area contributed by atoms with E-state index < -0.39 is 12.0 Å². The Labute approximate surface area is 154 Å². The molecule has 1 aliphatic heterocycles. The van der Waals surface area contributed by atoms with Crippen LogP contribution in [0.15, 0.2) is 40.3 Å². The van der Waals surface area contributed by atoms with Gasteiger partial charge in [-0.15, -0.1) is 11.3 Å². The lowest BCUT2D eigenvalue weighted by atomic mass is 10.2. The molecule has 1 aliphatic rings. The Kier molecular flexibility index (Phi) is 6.06. The number of furan rings is 1. The van der Waals surface area contributed by atoms with Crippen molar-refractivity contribution in [3.05, 3.63) is 46.5 Å². The van der Waals surface area contributed by atoms with Gasteiger partial charge in [0.2, 0.25) is 0 Å². The van der Waals surface area contributed by atoms with Crippen molar-refractivity contribution < 1.29 is 23.5 Å². The fourth-order valence-electron chi connectivity index (χ4n) is 2.86. The summed E-state index contributed by atoms with van der Waals surface area (Å²) in [5.74, 6) is -1.06. The van der Waals surface area contributed by atoms with Crippen LogP contribution in [-0.2, 0) is 20.7 Å². The second kappa shape index (κ2) is 8.66. The summed E-state index contributed by atoms with van der Waals surface area (Å²) in [6.45, 7) is 0.609. The maximum absolute atomic E-state index is 12.4. The van der Waals surface area contributed by atoms with Gasteiger partial charge in [-0.05, 0) is 42.8 Å². The van der Waals surface area contributed by atoms with Crippen molar-refractivity contribution in [2.75, 3.05) is 19.7 Å². The number of hydrogen-bond donors (Lipinski definition) is 1.